The van der Waals surface area contributed by atoms with Crippen LogP contribution in [0.15, 0.2) is 0 Å². The number of aliphatic hydroxyl groups is 1. The molecule has 0 saturated heterocycles. The van der Waals surface area contributed by atoms with Gasteiger partial charge in [0, 0.05) is 25.7 Å². The second kappa shape index (κ2) is 73.6. The lowest BCUT2D eigenvalue weighted by atomic mass is 9.99. The molecule has 0 fully saturated rings. The SMILES string of the molecule is CCCCCCCCCCCCCCCCCCC(=O)OC[C@H](COP(=O)(O)OC[C@@H](O)COP(=O)(O)OC[C@@H](COC(=O)CCCCCCCCCCCCCCC)OC(=O)CCCCCCCCCCCCC(C)CC)OC(=O)CCCCCCCCCCCCCCCCCC(C)C. The number of carbonyl (C=O) groups excluding carboxylic acids is 4. The van der Waals surface area contributed by atoms with Crippen LogP contribution in [0.4, 0.5) is 0 Å². The Labute approximate surface area is 619 Å². The Morgan fingerprint density at radius 3 is 0.752 bits per heavy atom. The third-order valence-corrected chi connectivity index (χ3v) is 21.5. The van der Waals surface area contributed by atoms with Crippen LogP contribution in [0.2, 0.25) is 0 Å². The molecule has 0 aromatic heterocycles. The zero-order chi connectivity index (χ0) is 74.2. The average Bonchev–Trinajstić information content (AvgIpc) is 1.16. The van der Waals surface area contributed by atoms with Gasteiger partial charge >= 0.3 is 39.5 Å². The molecule has 3 N–H and O–H groups in total. The molecule has 0 aliphatic heterocycles. The molecular formula is C82H160O17P2. The van der Waals surface area contributed by atoms with Gasteiger partial charge in [-0.15, -0.1) is 0 Å². The second-order valence-corrected chi connectivity index (χ2v) is 33.1. The summed E-state index contributed by atoms with van der Waals surface area (Å²) in [7, 11) is -9.92. The molecule has 0 aromatic carbocycles. The molecule has 0 rings (SSSR count). The maximum atomic E-state index is 13.1. The molecule has 3 unspecified atom stereocenters. The Bertz CT molecular complexity index is 1940. The topological polar surface area (TPSA) is 237 Å². The van der Waals surface area contributed by atoms with Gasteiger partial charge in [-0.1, -0.05) is 382 Å². The largest absolute Gasteiger partial charge is 0.472 e. The van der Waals surface area contributed by atoms with Gasteiger partial charge in [0.15, 0.2) is 12.2 Å². The standard InChI is InChI=1S/C82H160O17P2/c1-7-10-12-14-16-18-20-22-23-26-30-34-41-47-53-59-65-80(85)93-70-77(98-81(86)66-60-54-48-42-35-31-27-24-25-29-32-38-44-50-56-62-74(4)5)72-96-100(88,89)94-68-76(83)69-95-101(90,91)97-73-78(71-92-79(84)64-58-52-46-40-33-28-21-19-17-15-13-11-8-2)99-82(87)67-61-55-49-43-37-36-39-45-51-57-63-75(6)9-3/h74-78,83H,7-73H2,1-6H3,(H,88,89)(H,90,91)/t75?,76-,77-,78-/m1/s1. The van der Waals surface area contributed by atoms with Crippen LogP contribution in [0.3, 0.4) is 0 Å². The summed E-state index contributed by atoms with van der Waals surface area (Å²) in [6.07, 6.45) is 63.6. The van der Waals surface area contributed by atoms with Crippen molar-refractivity contribution in [3.63, 3.8) is 0 Å². The quantitative estimate of drug-likeness (QED) is 0.0222. The third-order valence-electron chi connectivity index (χ3n) is 19.6. The van der Waals surface area contributed by atoms with Gasteiger partial charge in [-0.2, -0.15) is 0 Å². The summed E-state index contributed by atoms with van der Waals surface area (Å²) < 4.78 is 68.8. The first kappa shape index (κ1) is 99.1. The first-order valence-electron chi connectivity index (χ1n) is 42.5. The van der Waals surface area contributed by atoms with Gasteiger partial charge in [-0.3, -0.25) is 37.3 Å². The number of hydrogen-bond donors (Lipinski definition) is 3. The first-order valence-corrected chi connectivity index (χ1v) is 45.5. The van der Waals surface area contributed by atoms with Crippen LogP contribution in [0.25, 0.3) is 0 Å². The summed E-state index contributed by atoms with van der Waals surface area (Å²) in [4.78, 5) is 73.1. The molecule has 17 nitrogen and oxygen atoms in total. The van der Waals surface area contributed by atoms with E-state index in [1.165, 1.54) is 250 Å². The summed E-state index contributed by atoms with van der Waals surface area (Å²) >= 11 is 0. The molecule has 0 aromatic rings. The van der Waals surface area contributed by atoms with Crippen LogP contribution in [-0.4, -0.2) is 96.7 Å². The van der Waals surface area contributed by atoms with E-state index in [-0.39, 0.29) is 25.7 Å². The van der Waals surface area contributed by atoms with Crippen molar-refractivity contribution in [2.75, 3.05) is 39.6 Å². The van der Waals surface area contributed by atoms with E-state index in [0.717, 1.165) is 102 Å². The lowest BCUT2D eigenvalue weighted by Gasteiger charge is -2.21. The van der Waals surface area contributed by atoms with Gasteiger partial charge in [-0.25, -0.2) is 9.13 Å². The summed E-state index contributed by atoms with van der Waals surface area (Å²) in [5.74, 6) is -0.499. The maximum absolute atomic E-state index is 13.1. The number of carbonyl (C=O) groups is 4. The molecular weight excluding hydrogens is 1320 g/mol. The van der Waals surface area contributed by atoms with Crippen molar-refractivity contribution >= 4 is 39.5 Å². The van der Waals surface area contributed by atoms with Gasteiger partial charge in [0.05, 0.1) is 26.4 Å². The number of hydrogen-bond acceptors (Lipinski definition) is 15. The first-order chi connectivity index (χ1) is 48.9. The van der Waals surface area contributed by atoms with Crippen molar-refractivity contribution in [3.8, 4) is 0 Å². The molecule has 600 valence electrons. The maximum Gasteiger partial charge on any atom is 0.472 e. The van der Waals surface area contributed by atoms with Crippen molar-refractivity contribution in [2.45, 2.75) is 452 Å². The fraction of sp³-hybridized carbons (Fsp3) is 0.951. The Kier molecular flexibility index (Phi) is 72.2. The van der Waals surface area contributed by atoms with E-state index in [4.69, 9.17) is 37.0 Å². The number of phosphoric acid groups is 2. The van der Waals surface area contributed by atoms with E-state index in [0.29, 0.717) is 25.7 Å². The Morgan fingerprint density at radius 2 is 0.505 bits per heavy atom. The zero-order valence-corrected chi connectivity index (χ0v) is 68.0. The molecule has 0 aliphatic rings. The Hall–Kier alpha value is -1.94. The van der Waals surface area contributed by atoms with Crippen molar-refractivity contribution < 1.29 is 80.2 Å². The van der Waals surface area contributed by atoms with E-state index in [9.17, 15) is 43.2 Å². The molecule has 0 amide bonds. The van der Waals surface area contributed by atoms with Crippen LogP contribution < -0.4 is 0 Å². The van der Waals surface area contributed by atoms with Crippen molar-refractivity contribution in [1.82, 2.24) is 0 Å². The molecule has 0 radical (unpaired) electrons. The van der Waals surface area contributed by atoms with Crippen molar-refractivity contribution in [1.29, 1.82) is 0 Å². The number of unbranched alkanes of at least 4 members (excludes halogenated alkanes) is 50. The Morgan fingerprint density at radius 1 is 0.287 bits per heavy atom. The van der Waals surface area contributed by atoms with Crippen molar-refractivity contribution in [3.05, 3.63) is 0 Å². The van der Waals surface area contributed by atoms with Gasteiger partial charge in [0.25, 0.3) is 0 Å². The van der Waals surface area contributed by atoms with Gasteiger partial charge < -0.3 is 33.8 Å². The van der Waals surface area contributed by atoms with Crippen LogP contribution >= 0.6 is 15.6 Å². The van der Waals surface area contributed by atoms with Gasteiger partial charge in [0.1, 0.15) is 19.3 Å². The fourth-order valence-electron chi connectivity index (χ4n) is 12.7. The molecule has 0 saturated carbocycles. The molecule has 101 heavy (non-hydrogen) atoms. The van der Waals surface area contributed by atoms with Gasteiger partial charge in [-0.05, 0) is 37.5 Å². The fourth-order valence-corrected chi connectivity index (χ4v) is 14.3. The number of ether oxygens (including phenoxy) is 4. The second-order valence-electron chi connectivity index (χ2n) is 30.2. The van der Waals surface area contributed by atoms with E-state index >= 15 is 0 Å². The van der Waals surface area contributed by atoms with Crippen LogP contribution in [0, 0.1) is 11.8 Å². The average molecular weight is 1480 g/mol. The van der Waals surface area contributed by atoms with Crippen LogP contribution in [-0.2, 0) is 65.4 Å². The lowest BCUT2D eigenvalue weighted by Crippen LogP contribution is -2.30. The summed E-state index contributed by atoms with van der Waals surface area (Å²) in [5.41, 5.74) is 0. The molecule has 0 aliphatic carbocycles. The molecule has 6 atom stereocenters. The molecule has 19 heteroatoms. The third kappa shape index (κ3) is 74.7. The van der Waals surface area contributed by atoms with E-state index < -0.39 is 97.5 Å². The van der Waals surface area contributed by atoms with E-state index in [1.54, 1.807) is 0 Å². The molecule has 0 spiro atoms. The minimum Gasteiger partial charge on any atom is -0.462 e. The summed E-state index contributed by atoms with van der Waals surface area (Å²) in [5, 5.41) is 10.7. The van der Waals surface area contributed by atoms with Crippen LogP contribution in [0.1, 0.15) is 433 Å². The highest BCUT2D eigenvalue weighted by Gasteiger charge is 2.30. The van der Waals surface area contributed by atoms with Gasteiger partial charge in [0.2, 0.25) is 0 Å². The van der Waals surface area contributed by atoms with E-state index in [1.807, 2.05) is 0 Å². The van der Waals surface area contributed by atoms with Crippen molar-refractivity contribution in [2.24, 2.45) is 11.8 Å². The predicted octanol–water partition coefficient (Wildman–Crippen LogP) is 24.7. The number of aliphatic hydroxyl groups excluding tert-OH is 1. The summed E-state index contributed by atoms with van der Waals surface area (Å²) in [6.45, 7) is 9.70. The minimum absolute atomic E-state index is 0.107. The molecule has 0 heterocycles. The number of rotatable bonds is 81. The lowest BCUT2D eigenvalue weighted by molar-refractivity contribution is -0.161. The van der Waals surface area contributed by atoms with Crippen LogP contribution in [0.5, 0.6) is 0 Å². The number of phosphoric ester groups is 2. The summed E-state index contributed by atoms with van der Waals surface area (Å²) in [6, 6.07) is 0. The van der Waals surface area contributed by atoms with E-state index in [2.05, 4.69) is 41.5 Å². The monoisotopic (exact) mass is 1480 g/mol. The molecule has 0 bridgehead atoms. The smallest absolute Gasteiger partial charge is 0.462 e. The predicted molar refractivity (Wildman–Crippen MR) is 414 cm³/mol. The Balaban J connectivity index is 5.27. The minimum atomic E-state index is -4.96. The normalized spacial score (nSPS) is 14.2. The highest BCUT2D eigenvalue weighted by Crippen LogP contribution is 2.45. The zero-order valence-electron chi connectivity index (χ0n) is 66.2. The highest BCUT2D eigenvalue weighted by molar-refractivity contribution is 7.47. The highest BCUT2D eigenvalue weighted by atomic mass is 31.2. The number of esters is 4.